The summed E-state index contributed by atoms with van der Waals surface area (Å²) in [6, 6.07) is 0. The minimum atomic E-state index is -4.43. The third-order valence-corrected chi connectivity index (χ3v) is 1.92. The fourth-order valence-corrected chi connectivity index (χ4v) is 1.17. The molecule has 13 heavy (non-hydrogen) atoms. The summed E-state index contributed by atoms with van der Waals surface area (Å²) in [4.78, 5) is 11.9. The second-order valence-corrected chi connectivity index (χ2v) is 3.14. The number of likely N-dealkylation sites (tertiary alicyclic amines) is 1. The van der Waals surface area contributed by atoms with E-state index in [1.807, 2.05) is 0 Å². The van der Waals surface area contributed by atoms with Crippen molar-refractivity contribution in [3.8, 4) is 0 Å². The highest BCUT2D eigenvalue weighted by Gasteiger charge is 2.37. The molecule has 1 aliphatic heterocycles. The summed E-state index contributed by atoms with van der Waals surface area (Å²) in [7, 11) is 0. The molecular formula is C7H10F3NO2. The first-order chi connectivity index (χ1) is 5.92. The van der Waals surface area contributed by atoms with E-state index in [-0.39, 0.29) is 25.6 Å². The van der Waals surface area contributed by atoms with Gasteiger partial charge in [0.25, 0.3) is 0 Å². The van der Waals surface area contributed by atoms with Crippen molar-refractivity contribution in [1.82, 2.24) is 4.90 Å². The smallest absolute Gasteiger partial charge is 0.396 e. The first kappa shape index (κ1) is 10.3. The van der Waals surface area contributed by atoms with Crippen LogP contribution in [0.5, 0.6) is 0 Å². The van der Waals surface area contributed by atoms with Gasteiger partial charge in [0, 0.05) is 25.6 Å². The number of amides is 1. The molecule has 0 unspecified atom stereocenters. The minimum Gasteiger partial charge on any atom is -0.396 e. The first-order valence-electron chi connectivity index (χ1n) is 3.88. The van der Waals surface area contributed by atoms with Crippen LogP contribution in [0.4, 0.5) is 13.2 Å². The molecule has 0 bridgehead atoms. The van der Waals surface area contributed by atoms with E-state index < -0.39 is 18.5 Å². The highest BCUT2D eigenvalue weighted by atomic mass is 19.4. The van der Waals surface area contributed by atoms with Crippen LogP contribution in [0.2, 0.25) is 0 Å². The number of aliphatic hydroxyl groups is 1. The van der Waals surface area contributed by atoms with Gasteiger partial charge in [-0.3, -0.25) is 4.79 Å². The fourth-order valence-electron chi connectivity index (χ4n) is 1.17. The van der Waals surface area contributed by atoms with E-state index in [1.165, 1.54) is 0 Å². The van der Waals surface area contributed by atoms with Crippen LogP contribution >= 0.6 is 0 Å². The van der Waals surface area contributed by atoms with Gasteiger partial charge in [0.2, 0.25) is 5.91 Å². The van der Waals surface area contributed by atoms with E-state index in [0.717, 1.165) is 4.90 Å². The fraction of sp³-hybridized carbons (Fsp3) is 0.857. The molecule has 76 valence electrons. The van der Waals surface area contributed by atoms with Crippen molar-refractivity contribution in [3.63, 3.8) is 0 Å². The summed E-state index contributed by atoms with van der Waals surface area (Å²) in [5, 5.41) is 8.56. The van der Waals surface area contributed by atoms with E-state index in [2.05, 4.69) is 0 Å². The molecule has 0 radical (unpaired) electrons. The number of carbonyl (C=O) groups excluding carboxylic acids is 1. The molecule has 1 heterocycles. The van der Waals surface area contributed by atoms with Crippen LogP contribution in [0.3, 0.4) is 0 Å². The predicted molar refractivity (Wildman–Crippen MR) is 37.8 cm³/mol. The van der Waals surface area contributed by atoms with Gasteiger partial charge >= 0.3 is 6.18 Å². The third-order valence-electron chi connectivity index (χ3n) is 1.92. The average molecular weight is 197 g/mol. The molecule has 1 rings (SSSR count). The Morgan fingerprint density at radius 1 is 1.46 bits per heavy atom. The van der Waals surface area contributed by atoms with Gasteiger partial charge in [-0.25, -0.2) is 0 Å². The van der Waals surface area contributed by atoms with Crippen molar-refractivity contribution < 1.29 is 23.1 Å². The van der Waals surface area contributed by atoms with Crippen LogP contribution in [-0.2, 0) is 4.79 Å². The first-order valence-corrected chi connectivity index (χ1v) is 3.88. The molecule has 1 N–H and O–H groups in total. The SMILES string of the molecule is O=C(CC(F)(F)F)N1CC(CO)C1. The molecule has 0 aromatic carbocycles. The number of carbonyl (C=O) groups is 1. The van der Waals surface area contributed by atoms with Crippen LogP contribution in [0.1, 0.15) is 6.42 Å². The van der Waals surface area contributed by atoms with Crippen molar-refractivity contribution >= 4 is 5.91 Å². The standard InChI is InChI=1S/C7H10F3NO2/c8-7(9,10)1-6(13)11-2-5(3-11)4-12/h5,12H,1-4H2. The van der Waals surface area contributed by atoms with Gasteiger partial charge < -0.3 is 10.0 Å². The zero-order valence-electron chi connectivity index (χ0n) is 6.84. The van der Waals surface area contributed by atoms with Gasteiger partial charge in [-0.1, -0.05) is 0 Å². The van der Waals surface area contributed by atoms with Crippen molar-refractivity contribution in [3.05, 3.63) is 0 Å². The maximum absolute atomic E-state index is 11.7. The van der Waals surface area contributed by atoms with Crippen LogP contribution in [-0.4, -0.2) is 41.8 Å². The molecule has 1 fully saturated rings. The second kappa shape index (κ2) is 3.53. The Labute approximate surface area is 73.1 Å². The Morgan fingerprint density at radius 3 is 2.38 bits per heavy atom. The molecule has 0 saturated carbocycles. The molecule has 0 aromatic rings. The van der Waals surface area contributed by atoms with Gasteiger partial charge in [-0.2, -0.15) is 13.2 Å². The zero-order chi connectivity index (χ0) is 10.1. The molecule has 0 spiro atoms. The maximum atomic E-state index is 11.7. The van der Waals surface area contributed by atoms with E-state index >= 15 is 0 Å². The summed E-state index contributed by atoms with van der Waals surface area (Å²) in [6.07, 6.45) is -5.83. The Balaban J connectivity index is 2.27. The number of alkyl halides is 3. The van der Waals surface area contributed by atoms with Gasteiger partial charge in [0.05, 0.1) is 0 Å². The number of hydrogen-bond acceptors (Lipinski definition) is 2. The van der Waals surface area contributed by atoms with Crippen molar-refractivity contribution in [2.75, 3.05) is 19.7 Å². The number of hydrogen-bond donors (Lipinski definition) is 1. The summed E-state index contributed by atoms with van der Waals surface area (Å²) < 4.78 is 35.1. The Kier molecular flexibility index (Phi) is 2.80. The number of aliphatic hydroxyl groups excluding tert-OH is 1. The Hall–Kier alpha value is -0.780. The van der Waals surface area contributed by atoms with Crippen molar-refractivity contribution in [1.29, 1.82) is 0 Å². The Bertz CT molecular complexity index is 198. The van der Waals surface area contributed by atoms with Crippen molar-refractivity contribution in [2.24, 2.45) is 5.92 Å². The molecule has 6 heteroatoms. The average Bonchev–Trinajstić information content (AvgIpc) is 1.79. The van der Waals surface area contributed by atoms with E-state index in [1.54, 1.807) is 0 Å². The van der Waals surface area contributed by atoms with Crippen LogP contribution < -0.4 is 0 Å². The molecule has 1 aliphatic rings. The van der Waals surface area contributed by atoms with Crippen molar-refractivity contribution in [2.45, 2.75) is 12.6 Å². The maximum Gasteiger partial charge on any atom is 0.397 e. The van der Waals surface area contributed by atoms with E-state index in [9.17, 15) is 18.0 Å². The molecule has 1 saturated heterocycles. The van der Waals surface area contributed by atoms with Crippen LogP contribution in [0.25, 0.3) is 0 Å². The lowest BCUT2D eigenvalue weighted by molar-refractivity contribution is -0.166. The van der Waals surface area contributed by atoms with Gasteiger partial charge in [0.15, 0.2) is 0 Å². The lowest BCUT2D eigenvalue weighted by atomic mass is 10.0. The quantitative estimate of drug-likeness (QED) is 0.695. The summed E-state index contributed by atoms with van der Waals surface area (Å²) >= 11 is 0. The number of rotatable bonds is 2. The number of nitrogens with zero attached hydrogens (tertiary/aromatic N) is 1. The minimum absolute atomic E-state index is 0.0443. The predicted octanol–water partition coefficient (Wildman–Crippen LogP) is 0.390. The van der Waals surface area contributed by atoms with Gasteiger partial charge in [-0.05, 0) is 0 Å². The lowest BCUT2D eigenvalue weighted by Gasteiger charge is -2.38. The molecular weight excluding hydrogens is 187 g/mol. The lowest BCUT2D eigenvalue weighted by Crippen LogP contribution is -2.52. The van der Waals surface area contributed by atoms with E-state index in [4.69, 9.17) is 5.11 Å². The second-order valence-electron chi connectivity index (χ2n) is 3.14. The largest absolute Gasteiger partial charge is 0.397 e. The summed E-state index contributed by atoms with van der Waals surface area (Å²) in [5.74, 6) is -0.950. The normalized spacial score (nSPS) is 18.6. The van der Waals surface area contributed by atoms with Gasteiger partial charge in [0.1, 0.15) is 6.42 Å². The topological polar surface area (TPSA) is 40.5 Å². The third kappa shape index (κ3) is 2.87. The zero-order valence-corrected chi connectivity index (χ0v) is 6.84. The highest BCUT2D eigenvalue weighted by Crippen LogP contribution is 2.23. The monoisotopic (exact) mass is 197 g/mol. The Morgan fingerprint density at radius 2 is 2.00 bits per heavy atom. The molecule has 0 aromatic heterocycles. The summed E-state index contributed by atoms with van der Waals surface area (Å²) in [5.41, 5.74) is 0. The van der Waals surface area contributed by atoms with Crippen LogP contribution in [0.15, 0.2) is 0 Å². The van der Waals surface area contributed by atoms with Gasteiger partial charge in [-0.15, -0.1) is 0 Å². The molecule has 3 nitrogen and oxygen atoms in total. The van der Waals surface area contributed by atoms with E-state index in [0.29, 0.717) is 0 Å². The van der Waals surface area contributed by atoms with Crippen LogP contribution in [0, 0.1) is 5.92 Å². The summed E-state index contributed by atoms with van der Waals surface area (Å²) in [6.45, 7) is 0.409. The number of halogens is 3. The highest BCUT2D eigenvalue weighted by molar-refractivity contribution is 5.77. The molecule has 0 aliphatic carbocycles. The molecule has 0 atom stereocenters. The molecule has 1 amide bonds.